The van der Waals surface area contributed by atoms with Gasteiger partial charge in [-0.2, -0.15) is 5.26 Å². The molecule has 0 saturated heterocycles. The molecule has 6 heteroatoms. The fraction of sp³-hybridized carbons (Fsp3) is 0.438. The maximum absolute atomic E-state index is 12.0. The van der Waals surface area contributed by atoms with Gasteiger partial charge >= 0.3 is 5.97 Å². The molecule has 0 aliphatic rings. The van der Waals surface area contributed by atoms with Crippen molar-refractivity contribution in [3.05, 3.63) is 29.8 Å². The number of rotatable bonds is 8. The van der Waals surface area contributed by atoms with Crippen LogP contribution in [0.4, 0.5) is 0 Å². The molecule has 1 aromatic rings. The van der Waals surface area contributed by atoms with Crippen molar-refractivity contribution in [2.24, 2.45) is 5.92 Å². The standard InChI is InChI=1S/C16H20N2O4/c1-3-6-13(16(20)21)10-18-15(19)11(2)22-14-8-5-4-7-12(14)9-17/h4-5,7-8,11,13H,3,6,10H2,1-2H3,(H,18,19)(H,20,21). The highest BCUT2D eigenvalue weighted by Gasteiger charge is 2.20. The van der Waals surface area contributed by atoms with E-state index in [-0.39, 0.29) is 6.54 Å². The fourth-order valence-electron chi connectivity index (χ4n) is 1.93. The molecule has 0 fully saturated rings. The molecular formula is C16H20N2O4. The molecule has 0 heterocycles. The Hall–Kier alpha value is -2.55. The minimum absolute atomic E-state index is 0.0651. The number of carbonyl (C=O) groups is 2. The quantitative estimate of drug-likeness (QED) is 0.764. The summed E-state index contributed by atoms with van der Waals surface area (Å²) >= 11 is 0. The van der Waals surface area contributed by atoms with Gasteiger partial charge in [0, 0.05) is 6.54 Å². The van der Waals surface area contributed by atoms with E-state index >= 15 is 0 Å². The monoisotopic (exact) mass is 304 g/mol. The van der Waals surface area contributed by atoms with Gasteiger partial charge in [0.05, 0.1) is 11.5 Å². The van der Waals surface area contributed by atoms with E-state index in [4.69, 9.17) is 15.1 Å². The van der Waals surface area contributed by atoms with Crippen molar-refractivity contribution < 1.29 is 19.4 Å². The summed E-state index contributed by atoms with van der Waals surface area (Å²) in [7, 11) is 0. The topological polar surface area (TPSA) is 99.4 Å². The summed E-state index contributed by atoms with van der Waals surface area (Å²) < 4.78 is 5.47. The number of aliphatic carboxylic acids is 1. The lowest BCUT2D eigenvalue weighted by Crippen LogP contribution is -2.40. The third-order valence-electron chi connectivity index (χ3n) is 3.19. The van der Waals surface area contributed by atoms with E-state index in [9.17, 15) is 9.59 Å². The minimum atomic E-state index is -0.925. The van der Waals surface area contributed by atoms with E-state index in [0.717, 1.165) is 6.42 Å². The summed E-state index contributed by atoms with van der Waals surface area (Å²) in [5.74, 6) is -1.61. The maximum Gasteiger partial charge on any atom is 0.308 e. The van der Waals surface area contributed by atoms with Crippen molar-refractivity contribution in [1.82, 2.24) is 5.32 Å². The molecule has 118 valence electrons. The predicted molar refractivity (Wildman–Crippen MR) is 80.3 cm³/mol. The predicted octanol–water partition coefficient (Wildman–Crippen LogP) is 1.94. The molecule has 0 saturated carbocycles. The third kappa shape index (κ3) is 5.09. The second kappa shape index (κ2) is 8.67. The molecule has 22 heavy (non-hydrogen) atoms. The van der Waals surface area contributed by atoms with Gasteiger partial charge in [-0.3, -0.25) is 9.59 Å². The molecular weight excluding hydrogens is 284 g/mol. The van der Waals surface area contributed by atoms with Crippen molar-refractivity contribution in [1.29, 1.82) is 5.26 Å². The Balaban J connectivity index is 2.58. The molecule has 0 spiro atoms. The lowest BCUT2D eigenvalue weighted by atomic mass is 10.0. The number of ether oxygens (including phenoxy) is 1. The van der Waals surface area contributed by atoms with Crippen molar-refractivity contribution >= 4 is 11.9 Å². The van der Waals surface area contributed by atoms with Gasteiger partial charge in [0.1, 0.15) is 11.8 Å². The van der Waals surface area contributed by atoms with Gasteiger partial charge < -0.3 is 15.2 Å². The van der Waals surface area contributed by atoms with Crippen LogP contribution in [0.3, 0.4) is 0 Å². The second-order valence-corrected chi connectivity index (χ2v) is 4.94. The summed E-state index contributed by atoms with van der Waals surface area (Å²) in [6.07, 6.45) is 0.418. The van der Waals surface area contributed by atoms with Gasteiger partial charge in [-0.1, -0.05) is 25.5 Å². The summed E-state index contributed by atoms with van der Waals surface area (Å²) in [6.45, 7) is 3.51. The van der Waals surface area contributed by atoms with E-state index in [1.165, 1.54) is 0 Å². The highest BCUT2D eigenvalue weighted by atomic mass is 16.5. The molecule has 0 aromatic heterocycles. The Morgan fingerprint density at radius 1 is 1.41 bits per heavy atom. The third-order valence-corrected chi connectivity index (χ3v) is 3.19. The van der Waals surface area contributed by atoms with Crippen molar-refractivity contribution in [3.63, 3.8) is 0 Å². The molecule has 0 radical (unpaired) electrons. The largest absolute Gasteiger partial charge is 0.481 e. The molecule has 1 amide bonds. The zero-order valence-electron chi connectivity index (χ0n) is 12.7. The van der Waals surface area contributed by atoms with Crippen LogP contribution in [0.15, 0.2) is 24.3 Å². The first kappa shape index (κ1) is 17.5. The maximum atomic E-state index is 12.0. The second-order valence-electron chi connectivity index (χ2n) is 4.94. The number of benzene rings is 1. The van der Waals surface area contributed by atoms with Crippen LogP contribution < -0.4 is 10.1 Å². The van der Waals surface area contributed by atoms with E-state index in [1.807, 2.05) is 13.0 Å². The summed E-state index contributed by atoms with van der Waals surface area (Å²) in [6, 6.07) is 8.61. The molecule has 0 aliphatic carbocycles. The number of carbonyl (C=O) groups excluding carboxylic acids is 1. The number of amides is 1. The number of carboxylic acids is 1. The number of hydrogen-bond donors (Lipinski definition) is 2. The zero-order chi connectivity index (χ0) is 16.5. The molecule has 0 bridgehead atoms. The first-order valence-corrected chi connectivity index (χ1v) is 7.15. The smallest absolute Gasteiger partial charge is 0.308 e. The van der Waals surface area contributed by atoms with Crippen LogP contribution in [-0.2, 0) is 9.59 Å². The average molecular weight is 304 g/mol. The van der Waals surface area contributed by atoms with Crippen LogP contribution in [-0.4, -0.2) is 29.6 Å². The van der Waals surface area contributed by atoms with Crippen molar-refractivity contribution in [2.75, 3.05) is 6.54 Å². The van der Waals surface area contributed by atoms with Crippen LogP contribution in [0.25, 0.3) is 0 Å². The Morgan fingerprint density at radius 3 is 2.68 bits per heavy atom. The lowest BCUT2D eigenvalue weighted by Gasteiger charge is -2.17. The van der Waals surface area contributed by atoms with Crippen LogP contribution in [0.5, 0.6) is 5.75 Å². The molecule has 6 nitrogen and oxygen atoms in total. The molecule has 1 rings (SSSR count). The van der Waals surface area contributed by atoms with E-state index in [1.54, 1.807) is 31.2 Å². The van der Waals surface area contributed by atoms with Crippen LogP contribution >= 0.6 is 0 Å². The van der Waals surface area contributed by atoms with Gasteiger partial charge in [0.2, 0.25) is 0 Å². The zero-order valence-corrected chi connectivity index (χ0v) is 12.7. The molecule has 2 unspecified atom stereocenters. The fourth-order valence-corrected chi connectivity index (χ4v) is 1.93. The van der Waals surface area contributed by atoms with E-state index in [2.05, 4.69) is 5.32 Å². The Bertz CT molecular complexity index is 566. The Kier molecular flexibility index (Phi) is 6.90. The first-order valence-electron chi connectivity index (χ1n) is 7.15. The van der Waals surface area contributed by atoms with Gasteiger partial charge in [-0.15, -0.1) is 0 Å². The van der Waals surface area contributed by atoms with Gasteiger partial charge in [-0.25, -0.2) is 0 Å². The molecule has 1 aromatic carbocycles. The summed E-state index contributed by atoms with van der Waals surface area (Å²) in [5, 5.41) is 20.6. The average Bonchev–Trinajstić information content (AvgIpc) is 2.51. The van der Waals surface area contributed by atoms with E-state index < -0.39 is 23.9 Å². The normalized spacial score (nSPS) is 12.8. The van der Waals surface area contributed by atoms with Crippen LogP contribution in [0, 0.1) is 17.2 Å². The van der Waals surface area contributed by atoms with Gasteiger partial charge in [0.15, 0.2) is 6.10 Å². The molecule has 2 atom stereocenters. The SMILES string of the molecule is CCCC(CNC(=O)C(C)Oc1ccccc1C#N)C(=O)O. The van der Waals surface area contributed by atoms with Gasteiger partial charge in [0.25, 0.3) is 5.91 Å². The molecule has 0 aliphatic heterocycles. The number of carboxylic acid groups (broad SMARTS) is 1. The Labute approximate surface area is 129 Å². The number of nitrogens with zero attached hydrogens (tertiary/aromatic N) is 1. The summed E-state index contributed by atoms with van der Waals surface area (Å²) in [5.41, 5.74) is 0.344. The highest BCUT2D eigenvalue weighted by Crippen LogP contribution is 2.18. The van der Waals surface area contributed by atoms with E-state index in [0.29, 0.717) is 17.7 Å². The highest BCUT2D eigenvalue weighted by molar-refractivity contribution is 5.81. The Morgan fingerprint density at radius 2 is 2.09 bits per heavy atom. The first-order chi connectivity index (χ1) is 10.5. The number of para-hydroxylation sites is 1. The van der Waals surface area contributed by atoms with Gasteiger partial charge in [-0.05, 0) is 25.5 Å². The van der Waals surface area contributed by atoms with Crippen LogP contribution in [0.2, 0.25) is 0 Å². The van der Waals surface area contributed by atoms with Crippen LogP contribution in [0.1, 0.15) is 32.3 Å². The number of nitriles is 1. The van der Waals surface area contributed by atoms with Crippen molar-refractivity contribution in [2.45, 2.75) is 32.8 Å². The minimum Gasteiger partial charge on any atom is -0.481 e. The lowest BCUT2D eigenvalue weighted by molar-refractivity contribution is -0.142. The van der Waals surface area contributed by atoms with Crippen molar-refractivity contribution in [3.8, 4) is 11.8 Å². The number of nitrogens with one attached hydrogen (secondary N) is 1. The number of hydrogen-bond acceptors (Lipinski definition) is 4. The molecule has 2 N–H and O–H groups in total. The summed E-state index contributed by atoms with van der Waals surface area (Å²) in [4.78, 5) is 23.0.